The zero-order valence-corrected chi connectivity index (χ0v) is 15.3. The van der Waals surface area contributed by atoms with E-state index in [0.29, 0.717) is 24.7 Å². The van der Waals surface area contributed by atoms with Crippen LogP contribution in [0, 0.1) is 12.7 Å². The van der Waals surface area contributed by atoms with Crippen molar-refractivity contribution in [3.63, 3.8) is 0 Å². The molecule has 0 spiro atoms. The van der Waals surface area contributed by atoms with Crippen molar-refractivity contribution in [3.8, 4) is 0 Å². The summed E-state index contributed by atoms with van der Waals surface area (Å²) in [6.45, 7) is 3.47. The van der Waals surface area contributed by atoms with Crippen molar-refractivity contribution in [2.75, 3.05) is 13.1 Å². The largest absolute Gasteiger partial charge is 0.339 e. The molecular formula is C22H22FN3O. The van der Waals surface area contributed by atoms with Gasteiger partial charge in [0.1, 0.15) is 5.82 Å². The van der Waals surface area contributed by atoms with Crippen LogP contribution in [0.2, 0.25) is 0 Å². The van der Waals surface area contributed by atoms with Gasteiger partial charge in [-0.25, -0.2) is 9.37 Å². The first kappa shape index (κ1) is 17.5. The number of halogens is 1. The number of imidazole rings is 1. The number of hydrogen-bond acceptors (Lipinski definition) is 2. The van der Waals surface area contributed by atoms with E-state index >= 15 is 0 Å². The molecule has 1 aliphatic rings. The van der Waals surface area contributed by atoms with Crippen molar-refractivity contribution in [1.82, 2.24) is 14.5 Å². The molecule has 1 amide bonds. The monoisotopic (exact) mass is 363 g/mol. The number of piperidine rings is 1. The van der Waals surface area contributed by atoms with Gasteiger partial charge in [-0.1, -0.05) is 24.3 Å². The third kappa shape index (κ3) is 3.63. The molecule has 0 aliphatic carbocycles. The highest BCUT2D eigenvalue weighted by Crippen LogP contribution is 2.27. The van der Waals surface area contributed by atoms with Crippen LogP contribution in [0.25, 0.3) is 17.1 Å². The Balaban J connectivity index is 1.42. The van der Waals surface area contributed by atoms with Gasteiger partial charge in [0.2, 0.25) is 5.91 Å². The molecule has 2 heterocycles. The van der Waals surface area contributed by atoms with Gasteiger partial charge < -0.3 is 9.47 Å². The molecule has 2 aromatic carbocycles. The Morgan fingerprint density at radius 1 is 1.19 bits per heavy atom. The lowest BCUT2D eigenvalue weighted by atomic mass is 10.0. The molecule has 27 heavy (non-hydrogen) atoms. The number of aromatic nitrogens is 2. The van der Waals surface area contributed by atoms with Crippen molar-refractivity contribution in [3.05, 3.63) is 71.8 Å². The Bertz CT molecular complexity index is 1000. The molecule has 4 nitrogen and oxygen atoms in total. The van der Waals surface area contributed by atoms with Crippen LogP contribution in [-0.2, 0) is 4.79 Å². The topological polar surface area (TPSA) is 38.1 Å². The maximum absolute atomic E-state index is 13.7. The molecule has 5 heteroatoms. The Morgan fingerprint density at radius 3 is 2.74 bits per heavy atom. The first-order chi connectivity index (χ1) is 13.1. The average molecular weight is 363 g/mol. The number of hydrogen-bond donors (Lipinski definition) is 0. The molecule has 0 atom stereocenters. The Morgan fingerprint density at radius 2 is 1.96 bits per heavy atom. The molecule has 0 saturated carbocycles. The van der Waals surface area contributed by atoms with E-state index in [0.717, 1.165) is 23.9 Å². The number of likely N-dealkylation sites (tertiary alicyclic amines) is 1. The molecule has 3 aromatic rings. The fourth-order valence-electron chi connectivity index (χ4n) is 3.67. The van der Waals surface area contributed by atoms with Crippen molar-refractivity contribution < 1.29 is 9.18 Å². The third-order valence-corrected chi connectivity index (χ3v) is 5.21. The molecule has 0 radical (unpaired) electrons. The Kier molecular flexibility index (Phi) is 4.75. The quantitative estimate of drug-likeness (QED) is 0.649. The van der Waals surface area contributed by atoms with E-state index in [1.54, 1.807) is 24.3 Å². The van der Waals surface area contributed by atoms with E-state index < -0.39 is 0 Å². The molecule has 0 N–H and O–H groups in total. The highest BCUT2D eigenvalue weighted by atomic mass is 19.1. The second kappa shape index (κ2) is 7.35. The third-order valence-electron chi connectivity index (χ3n) is 5.21. The molecule has 1 fully saturated rings. The fraction of sp³-hybridized carbons (Fsp3) is 0.273. The minimum Gasteiger partial charge on any atom is -0.339 e. The van der Waals surface area contributed by atoms with Gasteiger partial charge in [-0.05, 0) is 49.6 Å². The summed E-state index contributed by atoms with van der Waals surface area (Å²) in [5.74, 6) is -0.384. The minimum absolute atomic E-state index is 0.0666. The van der Waals surface area contributed by atoms with Gasteiger partial charge in [0.05, 0.1) is 17.4 Å². The van der Waals surface area contributed by atoms with Gasteiger partial charge in [-0.15, -0.1) is 0 Å². The first-order valence-electron chi connectivity index (χ1n) is 9.26. The number of benzene rings is 2. The second-order valence-corrected chi connectivity index (χ2v) is 7.06. The summed E-state index contributed by atoms with van der Waals surface area (Å²) in [6.07, 6.45) is 6.70. The standard InChI is InChI=1S/C22H22FN3O/c1-16-6-8-20-21(14-16)26(15-24-20)18-10-12-25(13-11-18)22(27)9-7-17-4-2-3-5-19(17)23/h2-9,14-15,18H,10-13H2,1H3/b9-7+. The van der Waals surface area contributed by atoms with Crippen LogP contribution in [0.5, 0.6) is 0 Å². The highest BCUT2D eigenvalue weighted by Gasteiger charge is 2.23. The van der Waals surface area contributed by atoms with E-state index in [2.05, 4.69) is 28.6 Å². The molecule has 1 aliphatic heterocycles. The minimum atomic E-state index is -0.317. The molecule has 0 unspecified atom stereocenters. The fourth-order valence-corrected chi connectivity index (χ4v) is 3.67. The number of aryl methyl sites for hydroxylation is 1. The Labute approximate surface area is 157 Å². The molecule has 1 aromatic heterocycles. The zero-order valence-electron chi connectivity index (χ0n) is 15.3. The van der Waals surface area contributed by atoms with Gasteiger partial charge in [-0.2, -0.15) is 0 Å². The maximum Gasteiger partial charge on any atom is 0.246 e. The normalized spacial score (nSPS) is 15.7. The summed E-state index contributed by atoms with van der Waals surface area (Å²) in [5, 5.41) is 0. The van der Waals surface area contributed by atoms with E-state index in [-0.39, 0.29) is 11.7 Å². The second-order valence-electron chi connectivity index (χ2n) is 7.06. The van der Waals surface area contributed by atoms with Crippen LogP contribution >= 0.6 is 0 Å². The molecule has 1 saturated heterocycles. The lowest BCUT2D eigenvalue weighted by molar-refractivity contribution is -0.127. The lowest BCUT2D eigenvalue weighted by Gasteiger charge is -2.32. The number of rotatable bonds is 3. The zero-order chi connectivity index (χ0) is 18.8. The Hall–Kier alpha value is -2.95. The number of carbonyl (C=O) groups is 1. The van der Waals surface area contributed by atoms with Gasteiger partial charge in [0.15, 0.2) is 0 Å². The van der Waals surface area contributed by atoms with Crippen LogP contribution in [0.1, 0.15) is 30.0 Å². The number of nitrogens with zero attached hydrogens (tertiary/aromatic N) is 3. The predicted molar refractivity (Wildman–Crippen MR) is 105 cm³/mol. The number of carbonyl (C=O) groups excluding carboxylic acids is 1. The maximum atomic E-state index is 13.7. The molecular weight excluding hydrogens is 341 g/mol. The van der Waals surface area contributed by atoms with Gasteiger partial charge in [0.25, 0.3) is 0 Å². The van der Waals surface area contributed by atoms with Crippen molar-refractivity contribution in [2.45, 2.75) is 25.8 Å². The summed E-state index contributed by atoms with van der Waals surface area (Å²) in [5.41, 5.74) is 3.81. The predicted octanol–water partition coefficient (Wildman–Crippen LogP) is 4.36. The van der Waals surface area contributed by atoms with E-state index in [1.165, 1.54) is 17.7 Å². The molecule has 4 rings (SSSR count). The molecule has 0 bridgehead atoms. The van der Waals surface area contributed by atoms with Crippen LogP contribution in [-0.4, -0.2) is 33.4 Å². The summed E-state index contributed by atoms with van der Waals surface area (Å²) in [6, 6.07) is 13.1. The van der Waals surface area contributed by atoms with Crippen LogP contribution in [0.3, 0.4) is 0 Å². The smallest absolute Gasteiger partial charge is 0.246 e. The average Bonchev–Trinajstić information content (AvgIpc) is 3.10. The van der Waals surface area contributed by atoms with Gasteiger partial charge >= 0.3 is 0 Å². The SMILES string of the molecule is Cc1ccc2ncn(C3CCN(C(=O)/C=C/c4ccccc4F)CC3)c2c1. The van der Waals surface area contributed by atoms with Crippen molar-refractivity contribution >= 4 is 23.0 Å². The molecule has 138 valence electrons. The lowest BCUT2D eigenvalue weighted by Crippen LogP contribution is -2.38. The van der Waals surface area contributed by atoms with E-state index in [4.69, 9.17) is 0 Å². The van der Waals surface area contributed by atoms with Gasteiger partial charge in [0, 0.05) is 30.8 Å². The summed E-state index contributed by atoms with van der Waals surface area (Å²) in [7, 11) is 0. The van der Waals surface area contributed by atoms with Crippen molar-refractivity contribution in [2.24, 2.45) is 0 Å². The van der Waals surface area contributed by atoms with Crippen LogP contribution in [0.15, 0.2) is 54.9 Å². The first-order valence-corrected chi connectivity index (χ1v) is 9.26. The summed E-state index contributed by atoms with van der Waals surface area (Å²) < 4.78 is 15.9. The van der Waals surface area contributed by atoms with Crippen molar-refractivity contribution in [1.29, 1.82) is 0 Å². The summed E-state index contributed by atoms with van der Waals surface area (Å²) >= 11 is 0. The number of fused-ring (bicyclic) bond motifs is 1. The number of amides is 1. The van der Waals surface area contributed by atoms with Gasteiger partial charge in [-0.3, -0.25) is 4.79 Å². The summed E-state index contributed by atoms with van der Waals surface area (Å²) in [4.78, 5) is 18.8. The van der Waals surface area contributed by atoms with E-state index in [1.807, 2.05) is 17.3 Å². The highest BCUT2D eigenvalue weighted by molar-refractivity contribution is 5.91. The van der Waals surface area contributed by atoms with Crippen LogP contribution in [0.4, 0.5) is 4.39 Å². The van der Waals surface area contributed by atoms with Crippen LogP contribution < -0.4 is 0 Å². The van der Waals surface area contributed by atoms with E-state index in [9.17, 15) is 9.18 Å².